The minimum Gasteiger partial charge on any atom is -0.402 e. The zero-order valence-corrected chi connectivity index (χ0v) is 22.2. The van der Waals surface area contributed by atoms with Crippen molar-refractivity contribution in [2.45, 2.75) is 162 Å². The Morgan fingerprint density at radius 1 is 0.562 bits per heavy atom. The van der Waals surface area contributed by atoms with E-state index in [1.54, 1.807) is 0 Å². The third-order valence-electron chi connectivity index (χ3n) is 5.95. The number of hydrogen-bond donors (Lipinski definition) is 1. The van der Waals surface area contributed by atoms with E-state index in [1.165, 1.54) is 128 Å². The maximum absolute atomic E-state index is 10.0. The van der Waals surface area contributed by atoms with E-state index < -0.39 is 0 Å². The highest BCUT2D eigenvalue weighted by Gasteiger charge is 1.93. The Morgan fingerprint density at radius 2 is 0.906 bits per heavy atom. The van der Waals surface area contributed by atoms with Crippen molar-refractivity contribution in [1.82, 2.24) is 0 Å². The summed E-state index contributed by atoms with van der Waals surface area (Å²) in [5, 5.41) is 0. The van der Waals surface area contributed by atoms with E-state index >= 15 is 0 Å². The molecule has 0 aromatic carbocycles. The molecule has 0 aliphatic heterocycles. The third-order valence-corrected chi connectivity index (χ3v) is 5.95. The number of nitrogens with two attached hydrogens (primary N) is 1. The van der Waals surface area contributed by atoms with E-state index in [0.29, 0.717) is 0 Å². The molecule has 32 heavy (non-hydrogen) atoms. The van der Waals surface area contributed by atoms with Crippen molar-refractivity contribution in [1.29, 1.82) is 0 Å². The van der Waals surface area contributed by atoms with Gasteiger partial charge in [0.1, 0.15) is 6.29 Å². The van der Waals surface area contributed by atoms with E-state index in [4.69, 9.17) is 5.73 Å². The molecular weight excluding hydrogens is 390 g/mol. The summed E-state index contributed by atoms with van der Waals surface area (Å²) in [6.45, 7) is 8.21. The number of carbonyl (C=O) groups is 1. The first-order chi connectivity index (χ1) is 15.7. The van der Waals surface area contributed by atoms with Gasteiger partial charge >= 0.3 is 0 Å². The Kier molecular flexibility index (Phi) is 33.3. The minimum atomic E-state index is 0.759. The molecule has 0 fully saturated rings. The average molecular weight is 450 g/mol. The van der Waals surface area contributed by atoms with Gasteiger partial charge in [0.15, 0.2) is 0 Å². The molecular formula is C30H59NO. The molecule has 0 saturated carbocycles. The Bertz CT molecular complexity index is 388. The van der Waals surface area contributed by atoms with E-state index in [-0.39, 0.29) is 0 Å². The highest BCUT2D eigenvalue weighted by molar-refractivity contribution is 5.48. The van der Waals surface area contributed by atoms with Crippen LogP contribution in [-0.2, 0) is 4.79 Å². The van der Waals surface area contributed by atoms with Gasteiger partial charge in [-0.25, -0.2) is 0 Å². The third kappa shape index (κ3) is 36.3. The summed E-state index contributed by atoms with van der Waals surface area (Å²) in [5.41, 5.74) is 6.25. The number of hydrogen-bond acceptors (Lipinski definition) is 2. The van der Waals surface area contributed by atoms with Crippen molar-refractivity contribution < 1.29 is 4.79 Å². The van der Waals surface area contributed by atoms with Crippen molar-refractivity contribution in [2.75, 3.05) is 0 Å². The summed E-state index contributed by atoms with van der Waals surface area (Å²) in [6, 6.07) is 0. The quantitative estimate of drug-likeness (QED) is 0.0904. The topological polar surface area (TPSA) is 43.1 Å². The first-order valence-corrected chi connectivity index (χ1v) is 14.2. The monoisotopic (exact) mass is 449 g/mol. The molecule has 2 nitrogen and oxygen atoms in total. The molecule has 0 bridgehead atoms. The minimum absolute atomic E-state index is 0.759. The van der Waals surface area contributed by atoms with Crippen molar-refractivity contribution in [3.63, 3.8) is 0 Å². The standard InChI is InChI=1S/C18H35N.C12H24O/c1-3-4-5-6-7-8-9-10-11-12-13-14-15-16-17-18(2)19;1-2-3-4-5-6-7-8-9-10-11-12-13/h15-16H,2-14,17,19H2,1H3;12H,2-11H2,1H3/b16-15+;. The van der Waals surface area contributed by atoms with Crippen LogP contribution < -0.4 is 5.73 Å². The summed E-state index contributed by atoms with van der Waals surface area (Å²) in [6.07, 6.45) is 35.7. The maximum atomic E-state index is 10.0. The second kappa shape index (κ2) is 32.1. The zero-order valence-electron chi connectivity index (χ0n) is 22.2. The van der Waals surface area contributed by atoms with Crippen LogP contribution in [0.25, 0.3) is 0 Å². The Morgan fingerprint density at radius 3 is 1.25 bits per heavy atom. The van der Waals surface area contributed by atoms with Crippen molar-refractivity contribution in [3.05, 3.63) is 24.4 Å². The Hall–Kier alpha value is -1.05. The van der Waals surface area contributed by atoms with Crippen LogP contribution in [0.2, 0.25) is 0 Å². The van der Waals surface area contributed by atoms with Crippen molar-refractivity contribution >= 4 is 6.29 Å². The van der Waals surface area contributed by atoms with Crippen molar-refractivity contribution in [2.24, 2.45) is 5.73 Å². The van der Waals surface area contributed by atoms with Crippen LogP contribution in [0.15, 0.2) is 24.4 Å². The van der Waals surface area contributed by atoms with Crippen LogP contribution in [0.3, 0.4) is 0 Å². The number of unbranched alkanes of at least 4 members (excludes halogenated alkanes) is 20. The molecule has 0 rings (SSSR count). The van der Waals surface area contributed by atoms with Crippen LogP contribution in [0.5, 0.6) is 0 Å². The van der Waals surface area contributed by atoms with Crippen LogP contribution in [-0.4, -0.2) is 6.29 Å². The summed E-state index contributed by atoms with van der Waals surface area (Å²) < 4.78 is 0. The van der Waals surface area contributed by atoms with Gasteiger partial charge in [-0.15, -0.1) is 0 Å². The lowest BCUT2D eigenvalue weighted by molar-refractivity contribution is -0.107. The predicted molar refractivity (Wildman–Crippen MR) is 146 cm³/mol. The maximum Gasteiger partial charge on any atom is 0.119 e. The van der Waals surface area contributed by atoms with Gasteiger partial charge in [-0.1, -0.05) is 148 Å². The average Bonchev–Trinajstić information content (AvgIpc) is 2.78. The molecule has 0 amide bonds. The lowest BCUT2D eigenvalue weighted by atomic mass is 10.1. The molecule has 0 aliphatic rings. The van der Waals surface area contributed by atoms with Gasteiger partial charge in [0, 0.05) is 18.5 Å². The molecule has 0 spiro atoms. The molecule has 0 radical (unpaired) electrons. The summed E-state index contributed by atoms with van der Waals surface area (Å²) >= 11 is 0. The smallest absolute Gasteiger partial charge is 0.119 e. The van der Waals surface area contributed by atoms with Gasteiger partial charge < -0.3 is 10.5 Å². The van der Waals surface area contributed by atoms with E-state index in [1.807, 2.05) is 0 Å². The van der Waals surface area contributed by atoms with Gasteiger partial charge in [0.25, 0.3) is 0 Å². The second-order valence-electron chi connectivity index (χ2n) is 9.44. The predicted octanol–water partition coefficient (Wildman–Crippen LogP) is 10.2. The van der Waals surface area contributed by atoms with Gasteiger partial charge in [-0.3, -0.25) is 0 Å². The first kappa shape index (κ1) is 33.1. The zero-order chi connectivity index (χ0) is 24.0. The van der Waals surface area contributed by atoms with Crippen molar-refractivity contribution in [3.8, 4) is 0 Å². The molecule has 2 N–H and O–H groups in total. The summed E-state index contributed by atoms with van der Waals surface area (Å²) in [4.78, 5) is 10.0. The highest BCUT2D eigenvalue weighted by Crippen LogP contribution is 2.12. The SMILES string of the molecule is C=C(N)C/C=C/CCCCCCCCCCCCC.CCCCCCCCCCCC=O. The van der Waals surface area contributed by atoms with E-state index in [0.717, 1.165) is 31.2 Å². The van der Waals surface area contributed by atoms with Crippen LogP contribution in [0.1, 0.15) is 162 Å². The molecule has 0 saturated heterocycles. The van der Waals surface area contributed by atoms with Gasteiger partial charge in [0.2, 0.25) is 0 Å². The van der Waals surface area contributed by atoms with Crippen LogP contribution >= 0.6 is 0 Å². The van der Waals surface area contributed by atoms with Crippen LogP contribution in [0.4, 0.5) is 0 Å². The number of allylic oxidation sites excluding steroid dienone is 2. The number of carbonyl (C=O) groups excluding carboxylic acids is 1. The second-order valence-corrected chi connectivity index (χ2v) is 9.44. The number of aldehydes is 1. The molecule has 0 aromatic heterocycles. The molecule has 0 atom stereocenters. The molecule has 2 heteroatoms. The lowest BCUT2D eigenvalue weighted by Crippen LogP contribution is -1.90. The fraction of sp³-hybridized carbons (Fsp3) is 0.833. The molecule has 0 unspecified atom stereocenters. The van der Waals surface area contributed by atoms with Gasteiger partial charge in [-0.05, 0) is 19.3 Å². The van der Waals surface area contributed by atoms with E-state index in [2.05, 4.69) is 32.6 Å². The highest BCUT2D eigenvalue weighted by atomic mass is 16.1. The summed E-state index contributed by atoms with van der Waals surface area (Å²) in [7, 11) is 0. The normalized spacial score (nSPS) is 10.8. The van der Waals surface area contributed by atoms with Gasteiger partial charge in [0.05, 0.1) is 0 Å². The molecule has 0 aliphatic carbocycles. The fourth-order valence-electron chi connectivity index (χ4n) is 3.82. The fourth-order valence-corrected chi connectivity index (χ4v) is 3.82. The molecule has 0 heterocycles. The van der Waals surface area contributed by atoms with E-state index in [9.17, 15) is 4.79 Å². The number of rotatable bonds is 24. The lowest BCUT2D eigenvalue weighted by Gasteiger charge is -2.01. The largest absolute Gasteiger partial charge is 0.402 e. The first-order valence-electron chi connectivity index (χ1n) is 14.2. The van der Waals surface area contributed by atoms with Crippen LogP contribution in [0, 0.1) is 0 Å². The van der Waals surface area contributed by atoms with Gasteiger partial charge in [-0.2, -0.15) is 0 Å². The molecule has 0 aromatic rings. The Balaban J connectivity index is 0. The summed E-state index contributed by atoms with van der Waals surface area (Å²) in [5.74, 6) is 0. The molecule has 190 valence electrons. The Labute approximate surface area is 202 Å².